The fraction of sp³-hybridized carbons (Fsp3) is 0.600. The first-order valence-electron chi connectivity index (χ1n) is 7.27. The van der Waals surface area contributed by atoms with Crippen LogP contribution in [0.15, 0.2) is 6.07 Å². The van der Waals surface area contributed by atoms with E-state index in [0.717, 1.165) is 11.5 Å². The lowest BCUT2D eigenvalue weighted by Crippen LogP contribution is -2.33. The average molecular weight is 290 g/mol. The maximum atomic E-state index is 12.1. The number of nitrogens with zero attached hydrogens (tertiary/aromatic N) is 3. The van der Waals surface area contributed by atoms with Crippen molar-refractivity contribution < 1.29 is 9.59 Å². The average Bonchev–Trinajstić information content (AvgIpc) is 2.45. The molecule has 2 rings (SSSR count). The Labute approximate surface area is 125 Å². The minimum absolute atomic E-state index is 0.000917. The van der Waals surface area contributed by atoms with E-state index >= 15 is 0 Å². The molecular weight excluding hydrogens is 268 g/mol. The van der Waals surface area contributed by atoms with Crippen LogP contribution in [-0.4, -0.2) is 35.8 Å². The molecule has 1 aromatic heterocycles. The van der Waals surface area contributed by atoms with Gasteiger partial charge >= 0.3 is 0 Å². The van der Waals surface area contributed by atoms with E-state index in [-0.39, 0.29) is 17.6 Å². The predicted molar refractivity (Wildman–Crippen MR) is 79.9 cm³/mol. The highest BCUT2D eigenvalue weighted by atomic mass is 16.2. The van der Waals surface area contributed by atoms with Crippen LogP contribution in [0.2, 0.25) is 0 Å². The number of aromatic nitrogens is 2. The van der Waals surface area contributed by atoms with Gasteiger partial charge in [0.2, 0.25) is 5.91 Å². The molecule has 0 bridgehead atoms. The molecule has 1 aliphatic carbocycles. The number of anilines is 1. The molecule has 1 fully saturated rings. The highest BCUT2D eigenvalue weighted by Gasteiger charge is 2.24. The molecule has 0 unspecified atom stereocenters. The summed E-state index contributed by atoms with van der Waals surface area (Å²) in [5.41, 5.74) is 0.876. The number of rotatable bonds is 4. The number of ketones is 1. The number of amides is 1. The van der Waals surface area contributed by atoms with Crippen LogP contribution in [0.3, 0.4) is 0 Å². The topological polar surface area (TPSA) is 75.2 Å². The molecule has 1 heterocycles. The molecular formula is C15H22N4O2. The van der Waals surface area contributed by atoms with E-state index in [1.165, 1.54) is 0 Å². The number of aryl methyl sites for hydroxylation is 1. The lowest BCUT2D eigenvalue weighted by molar-refractivity contribution is -0.128. The van der Waals surface area contributed by atoms with E-state index in [9.17, 15) is 9.59 Å². The molecule has 6 nitrogen and oxygen atoms in total. The fourth-order valence-corrected chi connectivity index (χ4v) is 2.43. The first kappa shape index (κ1) is 15.4. The Bertz CT molecular complexity index is 532. The van der Waals surface area contributed by atoms with E-state index in [2.05, 4.69) is 15.3 Å². The minimum Gasteiger partial charge on any atom is -0.363 e. The van der Waals surface area contributed by atoms with Gasteiger partial charge in [-0.05, 0) is 19.8 Å². The van der Waals surface area contributed by atoms with Gasteiger partial charge < -0.3 is 10.2 Å². The van der Waals surface area contributed by atoms with Crippen LogP contribution in [0.1, 0.15) is 37.2 Å². The molecule has 21 heavy (non-hydrogen) atoms. The zero-order chi connectivity index (χ0) is 15.4. The molecule has 0 aromatic carbocycles. The summed E-state index contributed by atoms with van der Waals surface area (Å²) in [7, 11) is 3.84. The summed E-state index contributed by atoms with van der Waals surface area (Å²) in [5.74, 6) is 1.64. The second-order valence-electron chi connectivity index (χ2n) is 5.71. The van der Waals surface area contributed by atoms with E-state index in [1.54, 1.807) is 0 Å². The number of nitrogens with one attached hydrogen (secondary N) is 1. The third kappa shape index (κ3) is 4.24. The van der Waals surface area contributed by atoms with Gasteiger partial charge in [0, 0.05) is 44.6 Å². The molecule has 6 heteroatoms. The molecule has 0 radical (unpaired) electrons. The maximum Gasteiger partial charge on any atom is 0.223 e. The highest BCUT2D eigenvalue weighted by molar-refractivity contribution is 5.84. The zero-order valence-corrected chi connectivity index (χ0v) is 12.8. The van der Waals surface area contributed by atoms with Crippen LogP contribution in [0.4, 0.5) is 5.82 Å². The summed E-state index contributed by atoms with van der Waals surface area (Å²) in [6.45, 7) is 2.23. The lowest BCUT2D eigenvalue weighted by atomic mass is 9.88. The van der Waals surface area contributed by atoms with Crippen molar-refractivity contribution >= 4 is 17.5 Å². The Hall–Kier alpha value is -1.98. The monoisotopic (exact) mass is 290 g/mol. The van der Waals surface area contributed by atoms with Crippen molar-refractivity contribution in [2.75, 3.05) is 19.0 Å². The first-order chi connectivity index (χ1) is 9.95. The Balaban J connectivity index is 1.93. The number of Topliss-reactive ketones (excluding diaryl/α,β-unsaturated/α-hetero) is 1. The largest absolute Gasteiger partial charge is 0.363 e. The zero-order valence-electron chi connectivity index (χ0n) is 12.8. The second-order valence-corrected chi connectivity index (χ2v) is 5.71. The molecule has 0 saturated heterocycles. The summed E-state index contributed by atoms with van der Waals surface area (Å²) in [4.78, 5) is 33.9. The van der Waals surface area contributed by atoms with Crippen LogP contribution in [0, 0.1) is 12.8 Å². The number of hydrogen-bond acceptors (Lipinski definition) is 5. The van der Waals surface area contributed by atoms with Crippen molar-refractivity contribution in [1.82, 2.24) is 15.3 Å². The van der Waals surface area contributed by atoms with Gasteiger partial charge in [0.05, 0.1) is 6.54 Å². The van der Waals surface area contributed by atoms with E-state index in [0.29, 0.717) is 38.1 Å². The Kier molecular flexibility index (Phi) is 4.88. The van der Waals surface area contributed by atoms with Gasteiger partial charge in [0.1, 0.15) is 17.4 Å². The minimum atomic E-state index is -0.0548. The molecule has 114 valence electrons. The van der Waals surface area contributed by atoms with Crippen molar-refractivity contribution in [3.63, 3.8) is 0 Å². The summed E-state index contributed by atoms with van der Waals surface area (Å²) in [6, 6.07) is 1.90. The smallest absolute Gasteiger partial charge is 0.223 e. The summed E-state index contributed by atoms with van der Waals surface area (Å²) in [6.07, 6.45) is 2.35. The number of hydrogen-bond donors (Lipinski definition) is 1. The van der Waals surface area contributed by atoms with Gasteiger partial charge in [-0.3, -0.25) is 9.59 Å². The first-order valence-corrected chi connectivity index (χ1v) is 7.27. The Morgan fingerprint density at radius 2 is 2.00 bits per heavy atom. The van der Waals surface area contributed by atoms with Crippen molar-refractivity contribution in [1.29, 1.82) is 0 Å². The standard InChI is InChI=1S/C15H22N4O2/c1-10-8-14(19(2)3)18-13(17-10)9-16-15(21)11-4-6-12(20)7-5-11/h8,11H,4-7,9H2,1-3H3,(H,16,21). The van der Waals surface area contributed by atoms with E-state index in [1.807, 2.05) is 32.0 Å². The van der Waals surface area contributed by atoms with Crippen LogP contribution in [0.25, 0.3) is 0 Å². The van der Waals surface area contributed by atoms with Gasteiger partial charge in [-0.25, -0.2) is 9.97 Å². The quantitative estimate of drug-likeness (QED) is 0.902. The summed E-state index contributed by atoms with van der Waals surface area (Å²) in [5, 5.41) is 2.88. The predicted octanol–water partition coefficient (Wildman–Crippen LogP) is 1.23. The van der Waals surface area contributed by atoms with Gasteiger partial charge in [-0.2, -0.15) is 0 Å². The molecule has 0 spiro atoms. The highest BCUT2D eigenvalue weighted by Crippen LogP contribution is 2.21. The molecule has 0 atom stereocenters. The van der Waals surface area contributed by atoms with Crippen LogP contribution >= 0.6 is 0 Å². The Morgan fingerprint density at radius 3 is 2.62 bits per heavy atom. The van der Waals surface area contributed by atoms with Crippen molar-refractivity contribution in [3.05, 3.63) is 17.6 Å². The third-order valence-electron chi connectivity index (χ3n) is 3.68. The molecule has 1 N–H and O–H groups in total. The van der Waals surface area contributed by atoms with Crippen LogP contribution in [-0.2, 0) is 16.1 Å². The molecule has 0 aliphatic heterocycles. The lowest BCUT2D eigenvalue weighted by Gasteiger charge is -2.20. The number of carbonyl (C=O) groups is 2. The van der Waals surface area contributed by atoms with Gasteiger partial charge in [0.25, 0.3) is 0 Å². The third-order valence-corrected chi connectivity index (χ3v) is 3.68. The molecule has 1 aromatic rings. The molecule has 1 amide bonds. The molecule has 1 saturated carbocycles. The maximum absolute atomic E-state index is 12.1. The van der Waals surface area contributed by atoms with Crippen LogP contribution < -0.4 is 10.2 Å². The van der Waals surface area contributed by atoms with Gasteiger partial charge in [-0.15, -0.1) is 0 Å². The SMILES string of the molecule is Cc1cc(N(C)C)nc(CNC(=O)C2CCC(=O)CC2)n1. The van der Waals surface area contributed by atoms with Gasteiger partial charge in [0.15, 0.2) is 0 Å². The summed E-state index contributed by atoms with van der Waals surface area (Å²) < 4.78 is 0. The Morgan fingerprint density at radius 1 is 1.33 bits per heavy atom. The van der Waals surface area contributed by atoms with Crippen molar-refractivity contribution in [2.24, 2.45) is 5.92 Å². The molecule has 1 aliphatic rings. The summed E-state index contributed by atoms with van der Waals surface area (Å²) >= 11 is 0. The van der Waals surface area contributed by atoms with E-state index < -0.39 is 0 Å². The van der Waals surface area contributed by atoms with Crippen LogP contribution in [0.5, 0.6) is 0 Å². The number of carbonyl (C=O) groups excluding carboxylic acids is 2. The normalized spacial score (nSPS) is 15.9. The van der Waals surface area contributed by atoms with Crippen molar-refractivity contribution in [2.45, 2.75) is 39.2 Å². The second kappa shape index (κ2) is 6.65. The van der Waals surface area contributed by atoms with Gasteiger partial charge in [-0.1, -0.05) is 0 Å². The van der Waals surface area contributed by atoms with Crippen molar-refractivity contribution in [3.8, 4) is 0 Å². The van der Waals surface area contributed by atoms with E-state index in [4.69, 9.17) is 0 Å². The fourth-order valence-electron chi connectivity index (χ4n) is 2.43.